The average Bonchev–Trinajstić information content (AvgIpc) is 2.34. The fraction of sp³-hybridized carbons (Fsp3) is 0.462. The summed E-state index contributed by atoms with van der Waals surface area (Å²) in [7, 11) is -0.151. The first-order valence-electron chi connectivity index (χ1n) is 5.96. The number of nitrogens with zero attached hydrogens (tertiary/aromatic N) is 1. The molecule has 1 atom stereocenters. The zero-order chi connectivity index (χ0) is 14.5. The lowest BCUT2D eigenvalue weighted by Crippen LogP contribution is -2.36. The van der Waals surface area contributed by atoms with Gasteiger partial charge in [0.15, 0.2) is 15.1 Å². The fourth-order valence-corrected chi connectivity index (χ4v) is 3.31. The first kappa shape index (κ1) is 15.7. The van der Waals surface area contributed by atoms with E-state index in [-0.39, 0.29) is 12.2 Å². The minimum Gasteiger partial charge on any atom is -0.480 e. The number of aliphatic carboxylic acids is 1. The molecule has 0 aliphatic heterocycles. The highest BCUT2D eigenvalue weighted by molar-refractivity contribution is 7.92. The normalized spacial score (nSPS) is 13.4. The van der Waals surface area contributed by atoms with E-state index in [1.807, 2.05) is 0 Å². The first-order chi connectivity index (χ1) is 8.83. The van der Waals surface area contributed by atoms with Crippen LogP contribution in [0.15, 0.2) is 30.3 Å². The second-order valence-electron chi connectivity index (χ2n) is 4.69. The summed E-state index contributed by atoms with van der Waals surface area (Å²) in [5.74, 6) is -1.44. The van der Waals surface area contributed by atoms with Crippen LogP contribution in [0.3, 0.4) is 0 Å². The van der Waals surface area contributed by atoms with Crippen molar-refractivity contribution in [1.29, 1.82) is 0 Å². The number of carbonyl (C=O) groups is 1. The van der Waals surface area contributed by atoms with E-state index < -0.39 is 21.1 Å². The lowest BCUT2D eigenvalue weighted by atomic mass is 10.1. The molecule has 1 N–H and O–H groups in total. The Labute approximate surface area is 113 Å². The zero-order valence-electron chi connectivity index (χ0n) is 11.1. The molecular weight excluding hydrogens is 266 g/mol. The molecule has 0 aliphatic rings. The van der Waals surface area contributed by atoms with Crippen molar-refractivity contribution in [2.45, 2.75) is 11.7 Å². The monoisotopic (exact) mass is 285 g/mol. The van der Waals surface area contributed by atoms with E-state index in [2.05, 4.69) is 0 Å². The summed E-state index contributed by atoms with van der Waals surface area (Å²) in [6, 6.07) is 8.80. The number of benzene rings is 1. The number of hydrogen-bond donors (Lipinski definition) is 1. The summed E-state index contributed by atoms with van der Waals surface area (Å²) in [6.45, 7) is 0.320. The molecule has 0 saturated heterocycles. The Morgan fingerprint density at radius 2 is 1.84 bits per heavy atom. The van der Waals surface area contributed by atoms with Crippen molar-refractivity contribution in [2.75, 3.05) is 26.4 Å². The van der Waals surface area contributed by atoms with Gasteiger partial charge in [-0.3, -0.25) is 4.79 Å². The molecule has 0 radical (unpaired) electrons. The van der Waals surface area contributed by atoms with Gasteiger partial charge >= 0.3 is 5.97 Å². The van der Waals surface area contributed by atoms with Gasteiger partial charge < -0.3 is 10.0 Å². The van der Waals surface area contributed by atoms with E-state index in [9.17, 15) is 13.2 Å². The Morgan fingerprint density at radius 1 is 1.26 bits per heavy atom. The maximum Gasteiger partial charge on any atom is 0.322 e. The molecule has 1 aromatic carbocycles. The molecule has 0 spiro atoms. The Bertz CT molecular complexity index is 511. The molecule has 1 unspecified atom stereocenters. The van der Waals surface area contributed by atoms with Crippen LogP contribution in [-0.2, 0) is 21.1 Å². The Balaban J connectivity index is 2.86. The van der Waals surface area contributed by atoms with Gasteiger partial charge in [0.2, 0.25) is 0 Å². The summed E-state index contributed by atoms with van der Waals surface area (Å²) in [4.78, 5) is 12.9. The molecule has 106 valence electrons. The van der Waals surface area contributed by atoms with E-state index in [1.54, 1.807) is 49.3 Å². The maximum absolute atomic E-state index is 12.1. The summed E-state index contributed by atoms with van der Waals surface area (Å²) >= 11 is 0. The highest BCUT2D eigenvalue weighted by Gasteiger charge is 2.32. The summed E-state index contributed by atoms with van der Waals surface area (Å²) in [5.41, 5.74) is 0.711. The van der Waals surface area contributed by atoms with Gasteiger partial charge in [-0.2, -0.15) is 0 Å². The van der Waals surface area contributed by atoms with Crippen LogP contribution in [0.1, 0.15) is 5.56 Å². The molecule has 0 aromatic heterocycles. The van der Waals surface area contributed by atoms with Crippen LogP contribution < -0.4 is 0 Å². The Kier molecular flexibility index (Phi) is 5.50. The highest BCUT2D eigenvalue weighted by Crippen LogP contribution is 2.12. The standard InChI is InChI=1S/C13H19NO4S/c1-14(2)8-9-19(17,18)12(13(15)16)10-11-6-4-3-5-7-11/h3-7,12H,8-10H2,1-2H3,(H,15,16). The van der Waals surface area contributed by atoms with Crippen molar-refractivity contribution in [3.8, 4) is 0 Å². The number of hydrogen-bond acceptors (Lipinski definition) is 4. The van der Waals surface area contributed by atoms with Crippen LogP contribution >= 0.6 is 0 Å². The first-order valence-corrected chi connectivity index (χ1v) is 7.67. The highest BCUT2D eigenvalue weighted by atomic mass is 32.2. The molecule has 5 nitrogen and oxygen atoms in total. The van der Waals surface area contributed by atoms with Crippen molar-refractivity contribution >= 4 is 15.8 Å². The molecule has 0 bridgehead atoms. The molecule has 19 heavy (non-hydrogen) atoms. The third-order valence-corrected chi connectivity index (χ3v) is 4.78. The van der Waals surface area contributed by atoms with Gasteiger partial charge in [0.1, 0.15) is 0 Å². The van der Waals surface area contributed by atoms with Gasteiger partial charge in [-0.05, 0) is 26.1 Å². The van der Waals surface area contributed by atoms with Gasteiger partial charge in [-0.1, -0.05) is 30.3 Å². The van der Waals surface area contributed by atoms with Crippen molar-refractivity contribution in [3.05, 3.63) is 35.9 Å². The average molecular weight is 285 g/mol. The molecule has 0 amide bonds. The summed E-state index contributed by atoms with van der Waals surface area (Å²) in [5, 5.41) is 7.76. The Hall–Kier alpha value is -1.40. The molecule has 0 fully saturated rings. The number of sulfone groups is 1. The van der Waals surface area contributed by atoms with E-state index in [4.69, 9.17) is 5.11 Å². The maximum atomic E-state index is 12.1. The third kappa shape index (κ3) is 5.00. The van der Waals surface area contributed by atoms with E-state index >= 15 is 0 Å². The molecule has 0 saturated carbocycles. The zero-order valence-corrected chi connectivity index (χ0v) is 11.9. The summed E-state index contributed by atoms with van der Waals surface area (Å²) in [6.07, 6.45) is 0.00589. The van der Waals surface area contributed by atoms with Gasteiger partial charge in [-0.15, -0.1) is 0 Å². The van der Waals surface area contributed by atoms with E-state index in [0.29, 0.717) is 12.1 Å². The van der Waals surface area contributed by atoms with E-state index in [0.717, 1.165) is 0 Å². The number of carboxylic acids is 1. The van der Waals surface area contributed by atoms with E-state index in [1.165, 1.54) is 0 Å². The predicted molar refractivity (Wildman–Crippen MR) is 73.9 cm³/mol. The van der Waals surface area contributed by atoms with Crippen molar-refractivity contribution in [1.82, 2.24) is 4.90 Å². The summed E-state index contributed by atoms with van der Waals surface area (Å²) < 4.78 is 24.1. The minimum atomic E-state index is -3.66. The molecule has 0 heterocycles. The van der Waals surface area contributed by atoms with Crippen molar-refractivity contribution in [3.63, 3.8) is 0 Å². The molecule has 1 aromatic rings. The van der Waals surface area contributed by atoms with Crippen LogP contribution in [-0.4, -0.2) is 56.0 Å². The van der Waals surface area contributed by atoms with Crippen LogP contribution in [0.5, 0.6) is 0 Å². The van der Waals surface area contributed by atoms with Crippen molar-refractivity contribution < 1.29 is 18.3 Å². The van der Waals surface area contributed by atoms with Gasteiger partial charge in [-0.25, -0.2) is 8.42 Å². The predicted octanol–water partition coefficient (Wildman–Crippen LogP) is 0.659. The minimum absolute atomic E-state index is 0.00589. The topological polar surface area (TPSA) is 74.7 Å². The number of carboxylic acid groups (broad SMARTS) is 1. The third-order valence-electron chi connectivity index (χ3n) is 2.80. The lowest BCUT2D eigenvalue weighted by molar-refractivity contribution is -0.136. The molecular formula is C13H19NO4S. The smallest absolute Gasteiger partial charge is 0.322 e. The molecule has 1 rings (SSSR count). The second-order valence-corrected chi connectivity index (χ2v) is 6.99. The molecule has 6 heteroatoms. The number of rotatable bonds is 7. The fourth-order valence-electron chi connectivity index (χ4n) is 1.65. The SMILES string of the molecule is CN(C)CCS(=O)(=O)C(Cc1ccccc1)C(=O)O. The van der Waals surface area contributed by atoms with Gasteiger partial charge in [0.25, 0.3) is 0 Å². The van der Waals surface area contributed by atoms with Crippen LogP contribution in [0, 0.1) is 0 Å². The van der Waals surface area contributed by atoms with Gasteiger partial charge in [0.05, 0.1) is 5.75 Å². The van der Waals surface area contributed by atoms with Crippen molar-refractivity contribution in [2.24, 2.45) is 0 Å². The quantitative estimate of drug-likeness (QED) is 0.796. The van der Waals surface area contributed by atoms with Gasteiger partial charge in [0, 0.05) is 6.54 Å². The van der Waals surface area contributed by atoms with Crippen LogP contribution in [0.4, 0.5) is 0 Å². The van der Waals surface area contributed by atoms with Crippen LogP contribution in [0.2, 0.25) is 0 Å². The Morgan fingerprint density at radius 3 is 2.32 bits per heavy atom. The van der Waals surface area contributed by atoms with Crippen LogP contribution in [0.25, 0.3) is 0 Å². The second kappa shape index (κ2) is 6.68. The largest absolute Gasteiger partial charge is 0.480 e. The molecule has 0 aliphatic carbocycles. The lowest BCUT2D eigenvalue weighted by Gasteiger charge is -2.15.